The van der Waals surface area contributed by atoms with Gasteiger partial charge in [0.25, 0.3) is 0 Å². The van der Waals surface area contributed by atoms with Gasteiger partial charge < -0.3 is 10.5 Å². The molecule has 5 nitrogen and oxygen atoms in total. The zero-order valence-corrected chi connectivity index (χ0v) is 13.0. The van der Waals surface area contributed by atoms with E-state index in [9.17, 15) is 0 Å². The van der Waals surface area contributed by atoms with Crippen LogP contribution in [0.1, 0.15) is 24.1 Å². The van der Waals surface area contributed by atoms with E-state index in [1.165, 1.54) is 11.1 Å². The smallest absolute Gasteiger partial charge is 0.119 e. The van der Waals surface area contributed by atoms with Gasteiger partial charge in [-0.25, -0.2) is 0 Å². The third-order valence-corrected chi connectivity index (χ3v) is 3.52. The molecule has 2 rings (SSSR count). The van der Waals surface area contributed by atoms with E-state index in [-0.39, 0.29) is 6.04 Å². The van der Waals surface area contributed by atoms with Crippen LogP contribution in [-0.4, -0.2) is 34.9 Å². The van der Waals surface area contributed by atoms with Crippen LogP contribution in [0.4, 0.5) is 0 Å². The summed E-state index contributed by atoms with van der Waals surface area (Å²) in [5, 5.41) is 4.20. The van der Waals surface area contributed by atoms with Gasteiger partial charge in [-0.1, -0.05) is 12.1 Å². The van der Waals surface area contributed by atoms with Gasteiger partial charge in [-0.15, -0.1) is 0 Å². The van der Waals surface area contributed by atoms with Crippen molar-refractivity contribution in [1.29, 1.82) is 0 Å². The summed E-state index contributed by atoms with van der Waals surface area (Å²) < 4.78 is 7.29. The molecule has 1 aromatic heterocycles. The number of nitrogens with two attached hydrogens (primary N) is 1. The molecular weight excluding hydrogens is 264 g/mol. The number of hydrogen-bond acceptors (Lipinski definition) is 4. The van der Waals surface area contributed by atoms with Crippen LogP contribution in [0.5, 0.6) is 5.75 Å². The first-order valence-corrected chi connectivity index (χ1v) is 7.24. The van der Waals surface area contributed by atoms with Gasteiger partial charge in [-0.05, 0) is 31.7 Å². The predicted molar refractivity (Wildman–Crippen MR) is 84.1 cm³/mol. The van der Waals surface area contributed by atoms with Crippen LogP contribution in [0.15, 0.2) is 36.7 Å². The molecule has 21 heavy (non-hydrogen) atoms. The molecule has 0 saturated heterocycles. The number of benzene rings is 1. The standard InChI is InChI=1S/C16H24N4O/c1-4-21-15-7-5-14(6-8-15)16(9-17)19(2)11-13-10-18-20(3)12-13/h5-8,10,12,16H,4,9,11,17H2,1-3H3. The molecule has 0 saturated carbocycles. The molecule has 0 radical (unpaired) electrons. The summed E-state index contributed by atoms with van der Waals surface area (Å²) >= 11 is 0. The monoisotopic (exact) mass is 288 g/mol. The first kappa shape index (κ1) is 15.5. The molecule has 1 atom stereocenters. The molecule has 0 fully saturated rings. The van der Waals surface area contributed by atoms with Gasteiger partial charge in [0.1, 0.15) is 5.75 Å². The molecular formula is C16H24N4O. The maximum Gasteiger partial charge on any atom is 0.119 e. The number of likely N-dealkylation sites (N-methyl/N-ethyl adjacent to an activating group) is 1. The number of aromatic nitrogens is 2. The summed E-state index contributed by atoms with van der Waals surface area (Å²) in [7, 11) is 4.01. The predicted octanol–water partition coefficient (Wildman–Crippen LogP) is 1.95. The largest absolute Gasteiger partial charge is 0.494 e. The van der Waals surface area contributed by atoms with Crippen LogP contribution < -0.4 is 10.5 Å². The molecule has 5 heteroatoms. The number of rotatable bonds is 7. The molecule has 0 aliphatic carbocycles. The minimum atomic E-state index is 0.181. The van der Waals surface area contributed by atoms with E-state index >= 15 is 0 Å². The lowest BCUT2D eigenvalue weighted by Gasteiger charge is -2.27. The van der Waals surface area contributed by atoms with Crippen LogP contribution in [0.3, 0.4) is 0 Å². The maximum absolute atomic E-state index is 5.97. The Kier molecular flexibility index (Phi) is 5.36. The highest BCUT2D eigenvalue weighted by atomic mass is 16.5. The number of aryl methyl sites for hydroxylation is 1. The summed E-state index contributed by atoms with van der Waals surface area (Å²) in [5.41, 5.74) is 8.35. The van der Waals surface area contributed by atoms with E-state index in [4.69, 9.17) is 10.5 Å². The molecule has 1 heterocycles. The number of nitrogens with zero attached hydrogens (tertiary/aromatic N) is 3. The quantitative estimate of drug-likeness (QED) is 0.846. The van der Waals surface area contributed by atoms with E-state index in [1.54, 1.807) is 0 Å². The van der Waals surface area contributed by atoms with Crippen LogP contribution in [-0.2, 0) is 13.6 Å². The Hall–Kier alpha value is -1.85. The van der Waals surface area contributed by atoms with E-state index in [1.807, 2.05) is 43.2 Å². The van der Waals surface area contributed by atoms with Gasteiger partial charge in [0.05, 0.1) is 12.8 Å². The Morgan fingerprint density at radius 1 is 1.33 bits per heavy atom. The van der Waals surface area contributed by atoms with Gasteiger partial charge >= 0.3 is 0 Å². The molecule has 1 aromatic carbocycles. The van der Waals surface area contributed by atoms with E-state index in [0.29, 0.717) is 13.2 Å². The molecule has 0 bridgehead atoms. The summed E-state index contributed by atoms with van der Waals surface area (Å²) in [6.45, 7) is 4.06. The minimum absolute atomic E-state index is 0.181. The van der Waals surface area contributed by atoms with E-state index < -0.39 is 0 Å². The fraction of sp³-hybridized carbons (Fsp3) is 0.438. The lowest BCUT2D eigenvalue weighted by Crippen LogP contribution is -2.30. The van der Waals surface area contributed by atoms with Crippen molar-refractivity contribution in [1.82, 2.24) is 14.7 Å². The van der Waals surface area contributed by atoms with Gasteiger partial charge in [0.15, 0.2) is 0 Å². The summed E-state index contributed by atoms with van der Waals surface area (Å²) in [4.78, 5) is 2.24. The number of hydrogen-bond donors (Lipinski definition) is 1. The van der Waals surface area contributed by atoms with Crippen molar-refractivity contribution < 1.29 is 4.74 Å². The van der Waals surface area contributed by atoms with Gasteiger partial charge in [-0.2, -0.15) is 5.10 Å². The molecule has 114 valence electrons. The SMILES string of the molecule is CCOc1ccc(C(CN)N(C)Cc2cnn(C)c2)cc1. The van der Waals surface area contributed by atoms with E-state index in [2.05, 4.69) is 29.2 Å². The molecule has 2 aromatic rings. The van der Waals surface area contributed by atoms with E-state index in [0.717, 1.165) is 12.3 Å². The van der Waals surface area contributed by atoms with Crippen LogP contribution in [0.25, 0.3) is 0 Å². The Morgan fingerprint density at radius 3 is 2.57 bits per heavy atom. The average Bonchev–Trinajstić information content (AvgIpc) is 2.87. The summed E-state index contributed by atoms with van der Waals surface area (Å²) in [6, 6.07) is 8.35. The molecule has 2 N–H and O–H groups in total. The van der Waals surface area contributed by atoms with Crippen molar-refractivity contribution in [3.05, 3.63) is 47.8 Å². The molecule has 0 aliphatic heterocycles. The number of ether oxygens (including phenoxy) is 1. The van der Waals surface area contributed by atoms with Crippen LogP contribution >= 0.6 is 0 Å². The first-order chi connectivity index (χ1) is 10.1. The fourth-order valence-electron chi connectivity index (χ4n) is 2.48. The highest BCUT2D eigenvalue weighted by Gasteiger charge is 2.16. The van der Waals surface area contributed by atoms with Gasteiger partial charge in [0.2, 0.25) is 0 Å². The average molecular weight is 288 g/mol. The normalized spacial score (nSPS) is 12.6. The van der Waals surface area contributed by atoms with Crippen molar-refractivity contribution in [2.75, 3.05) is 20.2 Å². The lowest BCUT2D eigenvalue weighted by molar-refractivity contribution is 0.241. The molecule has 0 amide bonds. The molecule has 0 aliphatic rings. The van der Waals surface area contributed by atoms with Crippen molar-refractivity contribution in [3.63, 3.8) is 0 Å². The third-order valence-electron chi connectivity index (χ3n) is 3.52. The Morgan fingerprint density at radius 2 is 2.05 bits per heavy atom. The highest BCUT2D eigenvalue weighted by Crippen LogP contribution is 2.22. The van der Waals surface area contributed by atoms with Crippen LogP contribution in [0, 0.1) is 0 Å². The lowest BCUT2D eigenvalue weighted by atomic mass is 10.1. The van der Waals surface area contributed by atoms with Crippen molar-refractivity contribution in [2.24, 2.45) is 12.8 Å². The minimum Gasteiger partial charge on any atom is -0.494 e. The molecule has 0 spiro atoms. The van der Waals surface area contributed by atoms with Gasteiger partial charge in [-0.3, -0.25) is 9.58 Å². The van der Waals surface area contributed by atoms with Gasteiger partial charge in [0, 0.05) is 37.9 Å². The van der Waals surface area contributed by atoms with Crippen molar-refractivity contribution in [3.8, 4) is 5.75 Å². The zero-order chi connectivity index (χ0) is 15.2. The summed E-state index contributed by atoms with van der Waals surface area (Å²) in [5.74, 6) is 0.895. The second kappa shape index (κ2) is 7.24. The Bertz CT molecular complexity index is 550. The second-order valence-electron chi connectivity index (χ2n) is 5.19. The topological polar surface area (TPSA) is 56.3 Å². The third kappa shape index (κ3) is 4.06. The fourth-order valence-corrected chi connectivity index (χ4v) is 2.48. The Labute approximate surface area is 126 Å². The first-order valence-electron chi connectivity index (χ1n) is 7.24. The Balaban J connectivity index is 2.07. The van der Waals surface area contributed by atoms with Crippen molar-refractivity contribution >= 4 is 0 Å². The highest BCUT2D eigenvalue weighted by molar-refractivity contribution is 5.29. The second-order valence-corrected chi connectivity index (χ2v) is 5.19. The van der Waals surface area contributed by atoms with Crippen molar-refractivity contribution in [2.45, 2.75) is 19.5 Å². The zero-order valence-electron chi connectivity index (χ0n) is 13.0. The van der Waals surface area contributed by atoms with Crippen LogP contribution in [0.2, 0.25) is 0 Å². The molecule has 1 unspecified atom stereocenters. The summed E-state index contributed by atoms with van der Waals surface area (Å²) in [6.07, 6.45) is 3.92. The maximum atomic E-state index is 5.97.